The molecule has 0 saturated carbocycles. The Balaban J connectivity index is 1.47. The smallest absolute Gasteiger partial charge is 0.262 e. The molecule has 0 aliphatic heterocycles. The molecule has 2 heterocycles. The molecule has 4 aromatic rings. The maximum Gasteiger partial charge on any atom is 0.262 e. The van der Waals surface area contributed by atoms with Gasteiger partial charge in [-0.2, -0.15) is 5.10 Å². The van der Waals surface area contributed by atoms with Crippen LogP contribution < -0.4 is 15.6 Å². The number of anilines is 1. The van der Waals surface area contributed by atoms with Gasteiger partial charge < -0.3 is 15.0 Å². The van der Waals surface area contributed by atoms with E-state index in [4.69, 9.17) is 4.74 Å². The van der Waals surface area contributed by atoms with Crippen molar-refractivity contribution in [3.8, 4) is 11.4 Å². The third-order valence-corrected chi connectivity index (χ3v) is 5.08. The first kappa shape index (κ1) is 19.7. The molecule has 0 spiro atoms. The summed E-state index contributed by atoms with van der Waals surface area (Å²) in [5.41, 5.74) is 1.62. The molecule has 8 nitrogen and oxygen atoms in total. The van der Waals surface area contributed by atoms with Crippen molar-refractivity contribution < 1.29 is 9.53 Å². The van der Waals surface area contributed by atoms with E-state index < -0.39 is 0 Å². The van der Waals surface area contributed by atoms with E-state index >= 15 is 0 Å². The average molecular weight is 421 g/mol. The second kappa shape index (κ2) is 8.83. The Bertz CT molecular complexity index is 1220. The van der Waals surface area contributed by atoms with Crippen LogP contribution in [-0.4, -0.2) is 38.0 Å². The van der Waals surface area contributed by atoms with Crippen LogP contribution in [0.15, 0.2) is 70.7 Å². The summed E-state index contributed by atoms with van der Waals surface area (Å²) in [4.78, 5) is 31.9. The first-order chi connectivity index (χ1) is 14.6. The van der Waals surface area contributed by atoms with E-state index in [9.17, 15) is 9.59 Å². The number of rotatable bonds is 7. The molecule has 152 valence electrons. The number of carbonyl (C=O) groups excluding carboxylic acids is 1. The molecule has 2 N–H and O–H groups in total. The fourth-order valence-electron chi connectivity index (χ4n) is 2.86. The Morgan fingerprint density at radius 1 is 1.17 bits per heavy atom. The molecule has 1 amide bonds. The fraction of sp³-hybridized carbons (Fsp3) is 0.143. The summed E-state index contributed by atoms with van der Waals surface area (Å²) in [6, 6.07) is 16.6. The number of aromatic nitrogens is 4. The number of amides is 1. The number of ether oxygens (including phenoxy) is 1. The number of para-hydroxylation sites is 1. The minimum absolute atomic E-state index is 0.0983. The van der Waals surface area contributed by atoms with Crippen molar-refractivity contribution in [3.63, 3.8) is 0 Å². The van der Waals surface area contributed by atoms with E-state index in [2.05, 4.69) is 20.4 Å². The molecule has 4 rings (SSSR count). The van der Waals surface area contributed by atoms with Crippen LogP contribution in [0.4, 0.5) is 5.69 Å². The Hall–Kier alpha value is -3.59. The maximum atomic E-state index is 12.4. The van der Waals surface area contributed by atoms with E-state index in [1.807, 2.05) is 37.3 Å². The highest BCUT2D eigenvalue weighted by molar-refractivity contribution is 7.99. The highest BCUT2D eigenvalue weighted by atomic mass is 32.2. The molecule has 30 heavy (non-hydrogen) atoms. The first-order valence-corrected chi connectivity index (χ1v) is 10.3. The van der Waals surface area contributed by atoms with Crippen LogP contribution in [0, 0.1) is 0 Å². The number of nitrogens with one attached hydrogen (secondary N) is 2. The molecule has 9 heteroatoms. The van der Waals surface area contributed by atoms with Crippen LogP contribution >= 0.6 is 11.8 Å². The van der Waals surface area contributed by atoms with E-state index in [0.717, 1.165) is 23.2 Å². The first-order valence-electron chi connectivity index (χ1n) is 9.33. The van der Waals surface area contributed by atoms with Crippen LogP contribution in [0.2, 0.25) is 0 Å². The summed E-state index contributed by atoms with van der Waals surface area (Å²) in [5.74, 6) is 0.639. The molecular formula is C21H19N5O3S. The molecule has 0 aliphatic carbocycles. The van der Waals surface area contributed by atoms with Crippen molar-refractivity contribution in [3.05, 3.63) is 71.1 Å². The predicted octanol–water partition coefficient (Wildman–Crippen LogP) is 3.24. The van der Waals surface area contributed by atoms with Crippen LogP contribution in [0.3, 0.4) is 0 Å². The van der Waals surface area contributed by atoms with E-state index in [1.165, 1.54) is 6.20 Å². The standard InChI is InChI=1S/C21H19N5O3S/c1-2-29-16-10-8-14(9-11-16)23-18(27)13-30-21-24-19-17(20(28)25-21)12-22-26(19)15-6-4-3-5-7-15/h3-12H,2,13H2,1H3,(H,23,27)(H,24,25,28). The van der Waals surface area contributed by atoms with Crippen molar-refractivity contribution in [1.29, 1.82) is 0 Å². The molecule has 2 aromatic carbocycles. The highest BCUT2D eigenvalue weighted by Crippen LogP contribution is 2.19. The Labute approximate surface area is 176 Å². The average Bonchev–Trinajstić information content (AvgIpc) is 3.19. The summed E-state index contributed by atoms with van der Waals surface area (Å²) >= 11 is 1.15. The van der Waals surface area contributed by atoms with Gasteiger partial charge in [0.2, 0.25) is 5.91 Å². The lowest BCUT2D eigenvalue weighted by atomic mass is 10.3. The lowest BCUT2D eigenvalue weighted by Gasteiger charge is -2.07. The van der Waals surface area contributed by atoms with Gasteiger partial charge in [0.15, 0.2) is 10.8 Å². The number of aromatic amines is 1. The van der Waals surface area contributed by atoms with Gasteiger partial charge in [0.05, 0.1) is 24.2 Å². The molecule has 0 radical (unpaired) electrons. The fourth-order valence-corrected chi connectivity index (χ4v) is 3.51. The van der Waals surface area contributed by atoms with Gasteiger partial charge in [-0.1, -0.05) is 30.0 Å². The van der Waals surface area contributed by atoms with Gasteiger partial charge in [0, 0.05) is 5.69 Å². The molecular weight excluding hydrogens is 402 g/mol. The Kier molecular flexibility index (Phi) is 5.80. The SMILES string of the molecule is CCOc1ccc(NC(=O)CSc2nc3c(cnn3-c3ccccc3)c(=O)[nH]2)cc1. The van der Waals surface area contributed by atoms with Crippen molar-refractivity contribution in [2.75, 3.05) is 17.7 Å². The van der Waals surface area contributed by atoms with E-state index in [0.29, 0.717) is 28.5 Å². The maximum absolute atomic E-state index is 12.4. The Morgan fingerprint density at radius 3 is 2.67 bits per heavy atom. The van der Waals surface area contributed by atoms with Crippen LogP contribution in [0.1, 0.15) is 6.92 Å². The summed E-state index contributed by atoms with van der Waals surface area (Å²) in [7, 11) is 0. The quantitative estimate of drug-likeness (QED) is 0.351. The van der Waals surface area contributed by atoms with E-state index in [-0.39, 0.29) is 17.2 Å². The molecule has 0 aliphatic rings. The Morgan fingerprint density at radius 2 is 1.93 bits per heavy atom. The second-order valence-corrected chi connectivity index (χ2v) is 7.26. The molecule has 0 bridgehead atoms. The van der Waals surface area contributed by atoms with Crippen molar-refractivity contribution >= 4 is 34.4 Å². The summed E-state index contributed by atoms with van der Waals surface area (Å²) < 4.78 is 6.99. The molecule has 0 unspecified atom stereocenters. The second-order valence-electron chi connectivity index (χ2n) is 6.29. The largest absolute Gasteiger partial charge is 0.494 e. The zero-order chi connectivity index (χ0) is 20.9. The van der Waals surface area contributed by atoms with Crippen molar-refractivity contribution in [2.45, 2.75) is 12.1 Å². The number of hydrogen-bond donors (Lipinski definition) is 2. The molecule has 2 aromatic heterocycles. The van der Waals surface area contributed by atoms with Crippen LogP contribution in [0.25, 0.3) is 16.7 Å². The number of thioether (sulfide) groups is 1. The van der Waals surface area contributed by atoms with Gasteiger partial charge in [0.25, 0.3) is 5.56 Å². The van der Waals surface area contributed by atoms with Gasteiger partial charge >= 0.3 is 0 Å². The van der Waals surface area contributed by atoms with Crippen LogP contribution in [-0.2, 0) is 4.79 Å². The minimum atomic E-state index is -0.295. The number of carbonyl (C=O) groups is 1. The summed E-state index contributed by atoms with van der Waals surface area (Å²) in [5, 5.41) is 7.83. The topological polar surface area (TPSA) is 102 Å². The predicted molar refractivity (Wildman–Crippen MR) is 116 cm³/mol. The number of H-pyrrole nitrogens is 1. The highest BCUT2D eigenvalue weighted by Gasteiger charge is 2.13. The van der Waals surface area contributed by atoms with Gasteiger partial charge in [-0.15, -0.1) is 0 Å². The van der Waals surface area contributed by atoms with Gasteiger partial charge in [-0.25, -0.2) is 9.67 Å². The van der Waals surface area contributed by atoms with Gasteiger partial charge in [0.1, 0.15) is 11.1 Å². The van der Waals surface area contributed by atoms with Crippen molar-refractivity contribution in [1.82, 2.24) is 19.7 Å². The van der Waals surface area contributed by atoms with Gasteiger partial charge in [-0.3, -0.25) is 9.59 Å². The molecule has 0 atom stereocenters. The zero-order valence-electron chi connectivity index (χ0n) is 16.2. The van der Waals surface area contributed by atoms with Crippen molar-refractivity contribution in [2.24, 2.45) is 0 Å². The molecule has 0 fully saturated rings. The number of fused-ring (bicyclic) bond motifs is 1. The number of hydrogen-bond acceptors (Lipinski definition) is 6. The normalized spacial score (nSPS) is 10.8. The monoisotopic (exact) mass is 421 g/mol. The lowest BCUT2D eigenvalue weighted by molar-refractivity contribution is -0.113. The van der Waals surface area contributed by atoms with Crippen LogP contribution in [0.5, 0.6) is 5.75 Å². The third kappa shape index (κ3) is 4.36. The lowest BCUT2D eigenvalue weighted by Crippen LogP contribution is -2.15. The number of nitrogens with zero attached hydrogens (tertiary/aromatic N) is 3. The summed E-state index contributed by atoms with van der Waals surface area (Å²) in [6.45, 7) is 2.50. The summed E-state index contributed by atoms with van der Waals surface area (Å²) in [6.07, 6.45) is 1.49. The van der Waals surface area contributed by atoms with Gasteiger partial charge in [-0.05, 0) is 43.3 Å². The minimum Gasteiger partial charge on any atom is -0.494 e. The third-order valence-electron chi connectivity index (χ3n) is 4.21. The zero-order valence-corrected chi connectivity index (χ0v) is 17.0. The molecule has 0 saturated heterocycles. The number of benzene rings is 2. The van der Waals surface area contributed by atoms with E-state index in [1.54, 1.807) is 28.9 Å².